The van der Waals surface area contributed by atoms with Crippen molar-refractivity contribution in [3.05, 3.63) is 35.0 Å². The number of allylic oxidation sites excluding steroid dienone is 1. The molecule has 0 unspecified atom stereocenters. The summed E-state index contributed by atoms with van der Waals surface area (Å²) in [5, 5.41) is 20.5. The van der Waals surface area contributed by atoms with Gasteiger partial charge < -0.3 is 9.84 Å². The first kappa shape index (κ1) is 14.1. The molecule has 2 bridgehead atoms. The highest BCUT2D eigenvalue weighted by molar-refractivity contribution is 5.53. The van der Waals surface area contributed by atoms with Crippen LogP contribution in [-0.4, -0.2) is 23.3 Å². The molecule has 4 nitrogen and oxygen atoms in total. The summed E-state index contributed by atoms with van der Waals surface area (Å²) in [6.07, 6.45) is 2.90. The second kappa shape index (κ2) is 4.85. The van der Waals surface area contributed by atoms with Gasteiger partial charge in [-0.1, -0.05) is 13.0 Å². The number of nitrogens with zero attached hydrogens (tertiary/aromatic N) is 2. The smallest absolute Gasteiger partial charge is 0.213 e. The van der Waals surface area contributed by atoms with E-state index in [0.717, 1.165) is 16.8 Å². The van der Waals surface area contributed by atoms with Crippen LogP contribution < -0.4 is 4.74 Å². The molecular formula is C17H20N2O2. The van der Waals surface area contributed by atoms with Crippen molar-refractivity contribution in [2.45, 2.75) is 38.2 Å². The van der Waals surface area contributed by atoms with E-state index >= 15 is 0 Å². The SMILES string of the molecule is CC=C1[C@@H]2Cc3nc(OC)ccc3[C@@]1(C#N)C[C@@H](C)[C@@H]2O. The molecule has 110 valence electrons. The summed E-state index contributed by atoms with van der Waals surface area (Å²) in [5.74, 6) is 0.644. The summed E-state index contributed by atoms with van der Waals surface area (Å²) >= 11 is 0. The van der Waals surface area contributed by atoms with Gasteiger partial charge in [-0.05, 0) is 42.9 Å². The van der Waals surface area contributed by atoms with E-state index in [4.69, 9.17) is 4.74 Å². The van der Waals surface area contributed by atoms with Crippen molar-refractivity contribution in [2.24, 2.45) is 11.8 Å². The lowest BCUT2D eigenvalue weighted by Crippen LogP contribution is -2.50. The monoisotopic (exact) mass is 284 g/mol. The molecule has 1 heterocycles. The van der Waals surface area contributed by atoms with Gasteiger partial charge in [-0.25, -0.2) is 4.98 Å². The Labute approximate surface area is 125 Å². The zero-order valence-electron chi connectivity index (χ0n) is 12.6. The normalized spacial score (nSPS) is 36.0. The van der Waals surface area contributed by atoms with Crippen molar-refractivity contribution in [3.8, 4) is 11.9 Å². The lowest BCUT2D eigenvalue weighted by molar-refractivity contribution is 0.0305. The second-order valence-electron chi connectivity index (χ2n) is 6.09. The van der Waals surface area contributed by atoms with E-state index in [1.807, 2.05) is 32.1 Å². The fraction of sp³-hybridized carbons (Fsp3) is 0.529. The summed E-state index contributed by atoms with van der Waals surface area (Å²) in [6.45, 7) is 3.98. The molecule has 0 saturated heterocycles. The van der Waals surface area contributed by atoms with Gasteiger partial charge in [-0.3, -0.25) is 0 Å². The average molecular weight is 284 g/mol. The molecule has 1 N–H and O–H groups in total. The Kier molecular flexibility index (Phi) is 3.26. The standard InChI is InChI=1S/C17H20N2O2/c1-4-12-11-7-14-13(5-6-15(19-14)21-3)17(12,9-18)8-10(2)16(11)20/h4-6,10-11,16,20H,7-8H2,1-3H3/t10-,11+,16+,17-/m1/s1. The Bertz CT molecular complexity index is 647. The molecule has 3 rings (SSSR count). The van der Waals surface area contributed by atoms with Gasteiger partial charge in [0.25, 0.3) is 0 Å². The van der Waals surface area contributed by atoms with Crippen LogP contribution in [-0.2, 0) is 11.8 Å². The highest BCUT2D eigenvalue weighted by atomic mass is 16.5. The fourth-order valence-electron chi connectivity index (χ4n) is 4.09. The number of hydrogen-bond donors (Lipinski definition) is 1. The predicted octanol–water partition coefficient (Wildman–Crippen LogP) is 2.37. The maximum atomic E-state index is 10.5. The molecule has 4 atom stereocenters. The van der Waals surface area contributed by atoms with E-state index < -0.39 is 11.5 Å². The Morgan fingerprint density at radius 1 is 1.52 bits per heavy atom. The lowest BCUT2D eigenvalue weighted by atomic mass is 9.54. The molecular weight excluding hydrogens is 264 g/mol. The Morgan fingerprint density at radius 3 is 2.90 bits per heavy atom. The number of nitriles is 1. The summed E-state index contributed by atoms with van der Waals surface area (Å²) in [7, 11) is 1.59. The summed E-state index contributed by atoms with van der Waals surface area (Å²) in [4.78, 5) is 4.52. The van der Waals surface area contributed by atoms with Crippen molar-refractivity contribution < 1.29 is 9.84 Å². The van der Waals surface area contributed by atoms with Crippen molar-refractivity contribution in [3.63, 3.8) is 0 Å². The van der Waals surface area contributed by atoms with Crippen LogP contribution in [0.15, 0.2) is 23.8 Å². The number of rotatable bonds is 1. The average Bonchev–Trinajstić information content (AvgIpc) is 2.51. The highest BCUT2D eigenvalue weighted by Crippen LogP contribution is 2.53. The third kappa shape index (κ3) is 1.81. The van der Waals surface area contributed by atoms with E-state index in [0.29, 0.717) is 18.7 Å². The van der Waals surface area contributed by atoms with Crippen LogP contribution in [0.5, 0.6) is 5.88 Å². The molecule has 0 aromatic carbocycles. The first-order valence-corrected chi connectivity index (χ1v) is 7.37. The molecule has 1 aromatic rings. The van der Waals surface area contributed by atoms with Crippen molar-refractivity contribution in [2.75, 3.05) is 7.11 Å². The Morgan fingerprint density at radius 2 is 2.29 bits per heavy atom. The van der Waals surface area contributed by atoms with Gasteiger partial charge in [-0.15, -0.1) is 0 Å². The van der Waals surface area contributed by atoms with Crippen LogP contribution in [0, 0.1) is 23.2 Å². The van der Waals surface area contributed by atoms with Crippen LogP contribution in [0.4, 0.5) is 0 Å². The molecule has 2 aliphatic carbocycles. The van der Waals surface area contributed by atoms with Crippen LogP contribution in [0.2, 0.25) is 0 Å². The molecule has 1 aromatic heterocycles. The molecule has 1 saturated carbocycles. The first-order valence-electron chi connectivity index (χ1n) is 7.37. The number of methoxy groups -OCH3 is 1. The van der Waals surface area contributed by atoms with E-state index in [2.05, 4.69) is 11.1 Å². The maximum Gasteiger partial charge on any atom is 0.213 e. The Balaban J connectivity index is 2.25. The molecule has 4 heteroatoms. The van der Waals surface area contributed by atoms with Gasteiger partial charge in [0.15, 0.2) is 0 Å². The van der Waals surface area contributed by atoms with Gasteiger partial charge in [-0.2, -0.15) is 5.26 Å². The van der Waals surface area contributed by atoms with Gasteiger partial charge in [0, 0.05) is 12.0 Å². The minimum Gasteiger partial charge on any atom is -0.481 e. The number of aromatic nitrogens is 1. The van der Waals surface area contributed by atoms with Gasteiger partial charge in [0.1, 0.15) is 5.41 Å². The van der Waals surface area contributed by atoms with Crippen LogP contribution in [0.25, 0.3) is 0 Å². The third-order valence-electron chi connectivity index (χ3n) is 5.05. The number of fused-ring (bicyclic) bond motifs is 4. The lowest BCUT2D eigenvalue weighted by Gasteiger charge is -2.49. The van der Waals surface area contributed by atoms with E-state index in [1.165, 1.54) is 0 Å². The molecule has 2 aliphatic rings. The number of ether oxygens (including phenoxy) is 1. The topological polar surface area (TPSA) is 66.1 Å². The summed E-state index contributed by atoms with van der Waals surface area (Å²) in [5.41, 5.74) is 2.27. The minimum atomic E-state index is -0.648. The molecule has 1 fully saturated rings. The largest absolute Gasteiger partial charge is 0.481 e. The molecule has 21 heavy (non-hydrogen) atoms. The van der Waals surface area contributed by atoms with Gasteiger partial charge >= 0.3 is 0 Å². The van der Waals surface area contributed by atoms with E-state index in [1.54, 1.807) is 7.11 Å². The highest BCUT2D eigenvalue weighted by Gasteiger charge is 2.53. The van der Waals surface area contributed by atoms with Crippen LogP contribution in [0.3, 0.4) is 0 Å². The van der Waals surface area contributed by atoms with Gasteiger partial charge in [0.05, 0.1) is 25.0 Å². The number of aliphatic hydroxyl groups excluding tert-OH is 1. The zero-order chi connectivity index (χ0) is 15.2. The van der Waals surface area contributed by atoms with Crippen LogP contribution >= 0.6 is 0 Å². The van der Waals surface area contributed by atoms with Crippen molar-refractivity contribution >= 4 is 0 Å². The second-order valence-corrected chi connectivity index (χ2v) is 6.09. The fourth-order valence-corrected chi connectivity index (χ4v) is 4.09. The molecule has 0 radical (unpaired) electrons. The number of aliphatic hydroxyl groups is 1. The minimum absolute atomic E-state index is 0.0227. The zero-order valence-corrected chi connectivity index (χ0v) is 12.6. The van der Waals surface area contributed by atoms with Crippen molar-refractivity contribution in [1.82, 2.24) is 4.98 Å². The predicted molar refractivity (Wildman–Crippen MR) is 78.8 cm³/mol. The molecule has 0 spiro atoms. The maximum absolute atomic E-state index is 10.5. The van der Waals surface area contributed by atoms with Gasteiger partial charge in [0.2, 0.25) is 5.88 Å². The number of hydrogen-bond acceptors (Lipinski definition) is 4. The van der Waals surface area contributed by atoms with Crippen molar-refractivity contribution in [1.29, 1.82) is 5.26 Å². The van der Waals surface area contributed by atoms with E-state index in [9.17, 15) is 10.4 Å². The number of pyridine rings is 1. The molecule has 0 amide bonds. The first-order chi connectivity index (χ1) is 10.1. The summed E-state index contributed by atoms with van der Waals surface area (Å²) < 4.78 is 5.20. The molecule has 0 aliphatic heterocycles. The van der Waals surface area contributed by atoms with E-state index in [-0.39, 0.29) is 11.8 Å². The third-order valence-corrected chi connectivity index (χ3v) is 5.05. The summed E-state index contributed by atoms with van der Waals surface area (Å²) in [6, 6.07) is 6.32. The van der Waals surface area contributed by atoms with Crippen LogP contribution in [0.1, 0.15) is 31.5 Å². The quantitative estimate of drug-likeness (QED) is 0.804. The Hall–Kier alpha value is -1.86.